The molecular formula is C9H8BrNOS. The Bertz CT molecular complexity index is 336. The van der Waals surface area contributed by atoms with Gasteiger partial charge in [0, 0.05) is 15.6 Å². The average molecular weight is 258 g/mol. The normalized spacial score (nSPS) is 16.1. The lowest BCUT2D eigenvalue weighted by Gasteiger charge is -2.17. The predicted octanol–water partition coefficient (Wildman–Crippen LogP) is 3.32. The van der Waals surface area contributed by atoms with Gasteiger partial charge in [0.2, 0.25) is 0 Å². The van der Waals surface area contributed by atoms with Crippen LogP contribution in [0.1, 0.15) is 0 Å². The Morgan fingerprint density at radius 3 is 2.54 bits per heavy atom. The summed E-state index contributed by atoms with van der Waals surface area (Å²) in [5.41, 5.74) is 1.02. The first-order valence-corrected chi connectivity index (χ1v) is 5.65. The number of rotatable bonds is 1. The Morgan fingerprint density at radius 2 is 2.00 bits per heavy atom. The van der Waals surface area contributed by atoms with Crippen LogP contribution in [0.4, 0.5) is 5.69 Å². The molecule has 1 aliphatic rings. The maximum absolute atomic E-state index is 9.47. The highest BCUT2D eigenvalue weighted by Gasteiger charge is 2.15. The van der Waals surface area contributed by atoms with E-state index in [4.69, 9.17) is 0 Å². The van der Waals surface area contributed by atoms with Gasteiger partial charge in [-0.1, -0.05) is 15.9 Å². The Morgan fingerprint density at radius 1 is 1.31 bits per heavy atom. The van der Waals surface area contributed by atoms with Crippen LogP contribution in [0.25, 0.3) is 0 Å². The smallest absolute Gasteiger partial charge is 0.198 e. The van der Waals surface area contributed by atoms with E-state index in [-0.39, 0.29) is 0 Å². The van der Waals surface area contributed by atoms with E-state index in [0.29, 0.717) is 5.88 Å². The van der Waals surface area contributed by atoms with Crippen molar-refractivity contribution in [2.75, 3.05) is 10.8 Å². The zero-order chi connectivity index (χ0) is 9.26. The van der Waals surface area contributed by atoms with Gasteiger partial charge in [0.15, 0.2) is 5.88 Å². The number of nitrogens with zero attached hydrogens (tertiary/aromatic N) is 1. The van der Waals surface area contributed by atoms with Crippen LogP contribution in [-0.2, 0) is 0 Å². The first kappa shape index (κ1) is 8.97. The van der Waals surface area contributed by atoms with Gasteiger partial charge in [-0.05, 0) is 24.3 Å². The maximum Gasteiger partial charge on any atom is 0.198 e. The van der Waals surface area contributed by atoms with E-state index < -0.39 is 0 Å². The molecule has 0 saturated carbocycles. The third-order valence-corrected chi connectivity index (χ3v) is 3.12. The molecule has 0 radical (unpaired) electrons. The van der Waals surface area contributed by atoms with Crippen LogP contribution in [0.5, 0.6) is 0 Å². The fourth-order valence-electron chi connectivity index (χ4n) is 1.14. The molecule has 1 N–H and O–H groups in total. The van der Waals surface area contributed by atoms with Crippen LogP contribution in [0.15, 0.2) is 40.0 Å². The number of hydrogen-bond donors (Lipinski definition) is 1. The van der Waals surface area contributed by atoms with Gasteiger partial charge < -0.3 is 10.0 Å². The molecule has 0 atom stereocenters. The van der Waals surface area contributed by atoms with Crippen molar-refractivity contribution in [3.63, 3.8) is 0 Å². The van der Waals surface area contributed by atoms with Crippen molar-refractivity contribution >= 4 is 33.4 Å². The summed E-state index contributed by atoms with van der Waals surface area (Å²) in [5, 5.41) is 11.2. The van der Waals surface area contributed by atoms with Crippen LogP contribution >= 0.6 is 27.7 Å². The summed E-state index contributed by atoms with van der Waals surface area (Å²) in [5.74, 6) is 1.11. The number of aliphatic hydroxyl groups is 1. The van der Waals surface area contributed by atoms with Gasteiger partial charge in [0.25, 0.3) is 0 Å². The number of halogens is 1. The van der Waals surface area contributed by atoms with E-state index in [1.165, 1.54) is 0 Å². The molecule has 1 heterocycles. The van der Waals surface area contributed by atoms with Crippen molar-refractivity contribution in [2.45, 2.75) is 0 Å². The quantitative estimate of drug-likeness (QED) is 0.835. The van der Waals surface area contributed by atoms with Crippen molar-refractivity contribution in [2.24, 2.45) is 0 Å². The fraction of sp³-hybridized carbons (Fsp3) is 0.111. The molecule has 0 aliphatic carbocycles. The molecule has 0 aromatic heterocycles. The van der Waals surface area contributed by atoms with Gasteiger partial charge in [-0.3, -0.25) is 0 Å². The summed E-state index contributed by atoms with van der Waals surface area (Å²) in [7, 11) is 0. The van der Waals surface area contributed by atoms with Crippen LogP contribution in [0.3, 0.4) is 0 Å². The highest BCUT2D eigenvalue weighted by Crippen LogP contribution is 2.28. The predicted molar refractivity (Wildman–Crippen MR) is 59.8 cm³/mol. The van der Waals surface area contributed by atoms with E-state index in [1.807, 2.05) is 29.2 Å². The Balaban J connectivity index is 2.26. The zero-order valence-corrected chi connectivity index (χ0v) is 9.18. The minimum Gasteiger partial charge on any atom is -0.494 e. The zero-order valence-electron chi connectivity index (χ0n) is 6.77. The van der Waals surface area contributed by atoms with E-state index >= 15 is 0 Å². The van der Waals surface area contributed by atoms with E-state index in [2.05, 4.69) is 15.9 Å². The molecule has 2 rings (SSSR count). The number of thioether (sulfide) groups is 1. The Kier molecular flexibility index (Phi) is 2.51. The minimum atomic E-state index is 0.326. The highest BCUT2D eigenvalue weighted by molar-refractivity contribution is 9.10. The molecule has 0 saturated heterocycles. The third kappa shape index (κ3) is 1.84. The Labute approximate surface area is 89.4 Å². The van der Waals surface area contributed by atoms with Gasteiger partial charge in [-0.2, -0.15) is 0 Å². The van der Waals surface area contributed by atoms with Gasteiger partial charge in [0.05, 0.1) is 5.88 Å². The second kappa shape index (κ2) is 3.64. The van der Waals surface area contributed by atoms with E-state index in [1.54, 1.807) is 17.2 Å². The molecule has 0 unspecified atom stereocenters. The third-order valence-electron chi connectivity index (χ3n) is 1.81. The van der Waals surface area contributed by atoms with Gasteiger partial charge in [-0.15, -0.1) is 11.8 Å². The molecule has 0 amide bonds. The average Bonchev–Trinajstić information content (AvgIpc) is 2.53. The molecule has 4 heteroatoms. The second-order valence-corrected chi connectivity index (χ2v) is 4.42. The lowest BCUT2D eigenvalue weighted by molar-refractivity contribution is 0.400. The van der Waals surface area contributed by atoms with Crippen molar-refractivity contribution in [3.05, 3.63) is 40.0 Å². The van der Waals surface area contributed by atoms with Gasteiger partial charge >= 0.3 is 0 Å². The summed E-state index contributed by atoms with van der Waals surface area (Å²) in [4.78, 5) is 1.86. The van der Waals surface area contributed by atoms with Crippen LogP contribution in [0, 0.1) is 0 Å². The SMILES string of the molecule is OC1=CSCN1c1ccc(Br)cc1. The lowest BCUT2D eigenvalue weighted by atomic mass is 10.3. The van der Waals surface area contributed by atoms with Crippen LogP contribution < -0.4 is 4.90 Å². The molecule has 68 valence electrons. The standard InChI is InChI=1S/C9H8BrNOS/c10-7-1-3-8(4-2-7)11-6-13-5-9(11)12/h1-5,12H,6H2. The summed E-state index contributed by atoms with van der Waals surface area (Å²) in [6, 6.07) is 7.87. The molecule has 1 aliphatic heterocycles. The molecule has 1 aromatic carbocycles. The largest absolute Gasteiger partial charge is 0.494 e. The van der Waals surface area contributed by atoms with Crippen LogP contribution in [-0.4, -0.2) is 11.0 Å². The van der Waals surface area contributed by atoms with E-state index in [9.17, 15) is 5.11 Å². The fourth-order valence-corrected chi connectivity index (χ4v) is 2.19. The number of hydrogen-bond acceptors (Lipinski definition) is 3. The molecule has 0 bridgehead atoms. The first-order chi connectivity index (χ1) is 6.27. The number of aliphatic hydroxyl groups excluding tert-OH is 1. The van der Waals surface area contributed by atoms with E-state index in [0.717, 1.165) is 16.0 Å². The number of benzene rings is 1. The maximum atomic E-state index is 9.47. The van der Waals surface area contributed by atoms with Gasteiger partial charge in [-0.25, -0.2) is 0 Å². The summed E-state index contributed by atoms with van der Waals surface area (Å²) >= 11 is 4.96. The number of anilines is 1. The van der Waals surface area contributed by atoms with Crippen molar-refractivity contribution in [1.29, 1.82) is 0 Å². The molecule has 2 nitrogen and oxygen atoms in total. The van der Waals surface area contributed by atoms with Crippen LogP contribution in [0.2, 0.25) is 0 Å². The highest BCUT2D eigenvalue weighted by atomic mass is 79.9. The lowest BCUT2D eigenvalue weighted by Crippen LogP contribution is -2.16. The summed E-state index contributed by atoms with van der Waals surface area (Å²) < 4.78 is 1.05. The topological polar surface area (TPSA) is 23.5 Å². The molecule has 0 spiro atoms. The molecule has 1 aromatic rings. The van der Waals surface area contributed by atoms with Crippen molar-refractivity contribution in [3.8, 4) is 0 Å². The molecular weight excluding hydrogens is 250 g/mol. The molecule has 0 fully saturated rings. The minimum absolute atomic E-state index is 0.326. The molecule has 13 heavy (non-hydrogen) atoms. The first-order valence-electron chi connectivity index (χ1n) is 3.81. The van der Waals surface area contributed by atoms with Crippen molar-refractivity contribution < 1.29 is 5.11 Å². The summed E-state index contributed by atoms with van der Waals surface area (Å²) in [6.45, 7) is 0. The summed E-state index contributed by atoms with van der Waals surface area (Å²) in [6.07, 6.45) is 0. The Hall–Kier alpha value is -0.610. The monoisotopic (exact) mass is 257 g/mol. The van der Waals surface area contributed by atoms with Crippen molar-refractivity contribution in [1.82, 2.24) is 0 Å². The second-order valence-electron chi connectivity index (χ2n) is 2.68. The van der Waals surface area contributed by atoms with Gasteiger partial charge in [0.1, 0.15) is 0 Å².